The number of hydrogen-bond donors (Lipinski definition) is 2. The average Bonchev–Trinajstić information content (AvgIpc) is 2.62. The first-order valence-electron chi connectivity index (χ1n) is 9.01. The van der Waals surface area contributed by atoms with E-state index in [0.717, 1.165) is 44.5 Å². The van der Waals surface area contributed by atoms with E-state index in [2.05, 4.69) is 17.1 Å². The molecule has 0 bridgehead atoms. The molecule has 2 rings (SSSR count). The first-order valence-corrected chi connectivity index (χ1v) is 9.01. The van der Waals surface area contributed by atoms with Crippen molar-refractivity contribution >= 4 is 12.1 Å². The summed E-state index contributed by atoms with van der Waals surface area (Å²) < 4.78 is 5.13. The van der Waals surface area contributed by atoms with E-state index < -0.39 is 18.1 Å². The number of hydrogen-bond acceptors (Lipinski definition) is 4. The van der Waals surface area contributed by atoms with Gasteiger partial charge < -0.3 is 20.1 Å². The molecule has 0 radical (unpaired) electrons. The van der Waals surface area contributed by atoms with Crippen molar-refractivity contribution in [2.75, 3.05) is 19.6 Å². The van der Waals surface area contributed by atoms with Crippen molar-refractivity contribution in [3.05, 3.63) is 35.9 Å². The highest BCUT2D eigenvalue weighted by atomic mass is 16.5. The van der Waals surface area contributed by atoms with Crippen molar-refractivity contribution in [2.45, 2.75) is 45.3 Å². The molecule has 0 aliphatic carbocycles. The fraction of sp³-hybridized carbons (Fsp3) is 0.579. The standard InChI is InChI=1S/C19H28N2O4/c1-2-10-21-11-8-15(9-12-21)13-17(18(22)23)20-19(24)25-14-16-6-4-3-5-7-16/h3-7,15,17H,2,8-14H2,1H3,(H,20,24)(H,22,23)/t17-/m0/s1. The van der Waals surface area contributed by atoms with Crippen LogP contribution in [0, 0.1) is 5.92 Å². The van der Waals surface area contributed by atoms with E-state index in [1.54, 1.807) is 0 Å². The highest BCUT2D eigenvalue weighted by Gasteiger charge is 2.27. The minimum Gasteiger partial charge on any atom is -0.480 e. The molecule has 1 saturated heterocycles. The number of carboxylic acid groups (broad SMARTS) is 1. The molecule has 138 valence electrons. The SMILES string of the molecule is CCCN1CCC(C[C@H](NC(=O)OCc2ccccc2)C(=O)O)CC1. The molecule has 2 N–H and O–H groups in total. The van der Waals surface area contributed by atoms with Crippen LogP contribution in [0.4, 0.5) is 4.79 Å². The van der Waals surface area contributed by atoms with E-state index >= 15 is 0 Å². The molecule has 0 saturated carbocycles. The van der Waals surface area contributed by atoms with E-state index in [0.29, 0.717) is 12.3 Å². The number of carbonyl (C=O) groups is 2. The van der Waals surface area contributed by atoms with Crippen LogP contribution in [0.5, 0.6) is 0 Å². The molecule has 25 heavy (non-hydrogen) atoms. The van der Waals surface area contributed by atoms with Gasteiger partial charge in [0.05, 0.1) is 0 Å². The van der Waals surface area contributed by atoms with Crippen molar-refractivity contribution in [3.63, 3.8) is 0 Å². The maximum absolute atomic E-state index is 11.9. The summed E-state index contributed by atoms with van der Waals surface area (Å²) in [5, 5.41) is 11.9. The van der Waals surface area contributed by atoms with Crippen molar-refractivity contribution < 1.29 is 19.4 Å². The quantitative estimate of drug-likeness (QED) is 0.755. The van der Waals surface area contributed by atoms with Gasteiger partial charge in [0.1, 0.15) is 12.6 Å². The third kappa shape index (κ3) is 6.74. The predicted octanol–water partition coefficient (Wildman–Crippen LogP) is 2.88. The van der Waals surface area contributed by atoms with Gasteiger partial charge in [-0.2, -0.15) is 0 Å². The molecule has 1 aromatic carbocycles. The molecule has 1 heterocycles. The van der Waals surface area contributed by atoms with Crippen LogP contribution >= 0.6 is 0 Å². The molecule has 1 aliphatic rings. The van der Waals surface area contributed by atoms with E-state index in [9.17, 15) is 14.7 Å². The van der Waals surface area contributed by atoms with E-state index in [1.807, 2.05) is 30.3 Å². The van der Waals surface area contributed by atoms with Crippen LogP contribution in [0.15, 0.2) is 30.3 Å². The third-order valence-corrected chi connectivity index (χ3v) is 4.62. The Morgan fingerprint density at radius 3 is 2.56 bits per heavy atom. The Morgan fingerprint density at radius 2 is 1.96 bits per heavy atom. The lowest BCUT2D eigenvalue weighted by molar-refractivity contribution is -0.140. The van der Waals surface area contributed by atoms with Crippen molar-refractivity contribution in [2.24, 2.45) is 5.92 Å². The van der Waals surface area contributed by atoms with Gasteiger partial charge in [-0.25, -0.2) is 9.59 Å². The number of ether oxygens (including phenoxy) is 1. The maximum atomic E-state index is 11.9. The summed E-state index contributed by atoms with van der Waals surface area (Å²) >= 11 is 0. The van der Waals surface area contributed by atoms with Crippen LogP contribution in [0.3, 0.4) is 0 Å². The average molecular weight is 348 g/mol. The zero-order valence-electron chi connectivity index (χ0n) is 14.8. The second kappa shape index (κ2) is 10.0. The van der Waals surface area contributed by atoms with Gasteiger partial charge in [0.25, 0.3) is 0 Å². The van der Waals surface area contributed by atoms with Crippen LogP contribution < -0.4 is 5.32 Å². The molecule has 1 fully saturated rings. The second-order valence-corrected chi connectivity index (χ2v) is 6.62. The summed E-state index contributed by atoms with van der Waals surface area (Å²) in [6, 6.07) is 8.42. The van der Waals surface area contributed by atoms with Gasteiger partial charge in [-0.05, 0) is 56.8 Å². The maximum Gasteiger partial charge on any atom is 0.408 e. The topological polar surface area (TPSA) is 78.9 Å². The Kier molecular flexibility index (Phi) is 7.73. The summed E-state index contributed by atoms with van der Waals surface area (Å²) in [5.74, 6) is -0.684. The molecule has 6 nitrogen and oxygen atoms in total. The summed E-state index contributed by atoms with van der Waals surface area (Å²) in [7, 11) is 0. The molecule has 6 heteroatoms. The number of likely N-dealkylation sites (tertiary alicyclic amines) is 1. The van der Waals surface area contributed by atoms with Gasteiger partial charge in [-0.3, -0.25) is 0 Å². The molecular formula is C19H28N2O4. The van der Waals surface area contributed by atoms with E-state index in [-0.39, 0.29) is 6.61 Å². The number of carboxylic acids is 1. The minimum atomic E-state index is -1.01. The summed E-state index contributed by atoms with van der Waals surface area (Å²) in [6.07, 6.45) is 2.86. The van der Waals surface area contributed by atoms with Gasteiger partial charge in [-0.1, -0.05) is 37.3 Å². The zero-order valence-corrected chi connectivity index (χ0v) is 14.8. The van der Waals surface area contributed by atoms with E-state index in [4.69, 9.17) is 4.74 Å². The van der Waals surface area contributed by atoms with Gasteiger partial charge in [0.15, 0.2) is 0 Å². The second-order valence-electron chi connectivity index (χ2n) is 6.62. The fourth-order valence-electron chi connectivity index (χ4n) is 3.22. The Hall–Kier alpha value is -2.08. The molecule has 0 unspecified atom stereocenters. The number of alkyl carbamates (subject to hydrolysis) is 1. The highest BCUT2D eigenvalue weighted by Crippen LogP contribution is 2.22. The molecular weight excluding hydrogens is 320 g/mol. The first-order chi connectivity index (χ1) is 12.1. The van der Waals surface area contributed by atoms with E-state index in [1.165, 1.54) is 0 Å². The molecule has 1 atom stereocenters. The third-order valence-electron chi connectivity index (χ3n) is 4.62. The van der Waals surface area contributed by atoms with Crippen LogP contribution in [0.25, 0.3) is 0 Å². The van der Waals surface area contributed by atoms with Crippen LogP contribution in [0.2, 0.25) is 0 Å². The summed E-state index contributed by atoms with van der Waals surface area (Å²) in [6.45, 7) is 5.40. The number of nitrogens with one attached hydrogen (secondary N) is 1. The number of piperidine rings is 1. The lowest BCUT2D eigenvalue weighted by atomic mass is 9.90. The van der Waals surface area contributed by atoms with Crippen LogP contribution in [-0.4, -0.2) is 47.7 Å². The number of rotatable bonds is 8. The lowest BCUT2D eigenvalue weighted by Crippen LogP contribution is -2.44. The Morgan fingerprint density at radius 1 is 1.28 bits per heavy atom. The molecule has 0 aromatic heterocycles. The summed E-state index contributed by atoms with van der Waals surface area (Å²) in [4.78, 5) is 25.8. The van der Waals surface area contributed by atoms with Crippen molar-refractivity contribution in [1.29, 1.82) is 0 Å². The van der Waals surface area contributed by atoms with Crippen molar-refractivity contribution in [1.82, 2.24) is 10.2 Å². The van der Waals surface area contributed by atoms with Crippen molar-refractivity contribution in [3.8, 4) is 0 Å². The number of aliphatic carboxylic acids is 1. The Balaban J connectivity index is 1.76. The predicted molar refractivity (Wildman–Crippen MR) is 95.3 cm³/mol. The number of benzene rings is 1. The van der Waals surface area contributed by atoms with Crippen LogP contribution in [-0.2, 0) is 16.1 Å². The zero-order chi connectivity index (χ0) is 18.1. The van der Waals surface area contributed by atoms with Gasteiger partial charge in [0.2, 0.25) is 0 Å². The van der Waals surface area contributed by atoms with Crippen LogP contribution in [0.1, 0.15) is 38.2 Å². The molecule has 0 spiro atoms. The number of amides is 1. The highest BCUT2D eigenvalue weighted by molar-refractivity contribution is 5.79. The monoisotopic (exact) mass is 348 g/mol. The minimum absolute atomic E-state index is 0.133. The normalized spacial score (nSPS) is 17.0. The largest absolute Gasteiger partial charge is 0.480 e. The smallest absolute Gasteiger partial charge is 0.408 e. The van der Waals surface area contributed by atoms with Gasteiger partial charge in [-0.15, -0.1) is 0 Å². The Bertz CT molecular complexity index is 542. The number of nitrogens with zero attached hydrogens (tertiary/aromatic N) is 1. The lowest BCUT2D eigenvalue weighted by Gasteiger charge is -2.32. The molecule has 1 amide bonds. The van der Waals surface area contributed by atoms with Gasteiger partial charge in [0, 0.05) is 0 Å². The molecule has 1 aromatic rings. The Labute approximate surface area is 149 Å². The van der Waals surface area contributed by atoms with Gasteiger partial charge >= 0.3 is 12.1 Å². The molecule has 1 aliphatic heterocycles. The first kappa shape index (κ1) is 19.2. The summed E-state index contributed by atoms with van der Waals surface area (Å²) in [5.41, 5.74) is 0.868. The number of carbonyl (C=O) groups excluding carboxylic acids is 1. The fourth-order valence-corrected chi connectivity index (χ4v) is 3.22.